The molecular formula is C28H35N5O5. The van der Waals surface area contributed by atoms with Crippen LogP contribution in [0.25, 0.3) is 0 Å². The Hall–Kier alpha value is -3.50. The third-order valence-electron chi connectivity index (χ3n) is 7.53. The summed E-state index contributed by atoms with van der Waals surface area (Å²) in [5.41, 5.74) is 1.86. The van der Waals surface area contributed by atoms with Crippen LogP contribution >= 0.6 is 0 Å². The van der Waals surface area contributed by atoms with E-state index in [1.54, 1.807) is 25.2 Å². The van der Waals surface area contributed by atoms with E-state index in [4.69, 9.17) is 9.47 Å². The lowest BCUT2D eigenvalue weighted by Gasteiger charge is -2.43. The summed E-state index contributed by atoms with van der Waals surface area (Å²) >= 11 is 0. The normalized spacial score (nSPS) is 21.0. The van der Waals surface area contributed by atoms with E-state index >= 15 is 0 Å². The first-order valence-electron chi connectivity index (χ1n) is 13.0. The van der Waals surface area contributed by atoms with Crippen LogP contribution in [0.2, 0.25) is 0 Å². The molecule has 3 aliphatic heterocycles. The molecule has 1 aromatic heterocycles. The van der Waals surface area contributed by atoms with Crippen molar-refractivity contribution >= 4 is 29.1 Å². The second-order valence-corrected chi connectivity index (χ2v) is 11.6. The molecule has 0 aliphatic carbocycles. The van der Waals surface area contributed by atoms with Gasteiger partial charge in [-0.15, -0.1) is 0 Å². The Morgan fingerprint density at radius 3 is 2.37 bits per heavy atom. The number of amides is 3. The van der Waals surface area contributed by atoms with Gasteiger partial charge in [0.15, 0.2) is 0 Å². The number of rotatable bonds is 4. The average molecular weight is 522 g/mol. The van der Waals surface area contributed by atoms with Crippen molar-refractivity contribution in [2.75, 3.05) is 23.8 Å². The van der Waals surface area contributed by atoms with Gasteiger partial charge in [-0.1, -0.05) is 6.07 Å². The van der Waals surface area contributed by atoms with Gasteiger partial charge < -0.3 is 25.4 Å². The summed E-state index contributed by atoms with van der Waals surface area (Å²) in [6, 6.07) is 7.08. The second kappa shape index (κ2) is 9.36. The minimum absolute atomic E-state index is 0.0304. The molecule has 4 heterocycles. The van der Waals surface area contributed by atoms with Crippen LogP contribution in [0.1, 0.15) is 69.4 Å². The third kappa shape index (κ3) is 4.86. The van der Waals surface area contributed by atoms with Crippen LogP contribution in [-0.4, -0.2) is 51.9 Å². The lowest BCUT2D eigenvalue weighted by atomic mass is 9.75. The van der Waals surface area contributed by atoms with E-state index in [2.05, 4.69) is 21.0 Å². The van der Waals surface area contributed by atoms with E-state index in [1.807, 2.05) is 33.8 Å². The van der Waals surface area contributed by atoms with Gasteiger partial charge in [0.1, 0.15) is 11.4 Å². The number of aryl methyl sites for hydroxylation is 1. The van der Waals surface area contributed by atoms with Gasteiger partial charge >= 0.3 is 0 Å². The monoisotopic (exact) mass is 521 g/mol. The first-order chi connectivity index (χ1) is 17.9. The summed E-state index contributed by atoms with van der Waals surface area (Å²) in [5, 5.41) is 12.9. The maximum absolute atomic E-state index is 13.7. The SMILES string of the molecule is Cn1nccc1C(=O)NC(C(=O)Nc1ccc2c(c1)NC(=O)C21CCOCC1)=C1CC(C)(C)OC(C)(C)C1. The Balaban J connectivity index is 1.46. The van der Waals surface area contributed by atoms with Crippen molar-refractivity contribution in [2.45, 2.75) is 70.0 Å². The molecule has 2 aromatic rings. The van der Waals surface area contributed by atoms with Gasteiger partial charge in [0.2, 0.25) is 5.91 Å². The number of aromatic nitrogens is 2. The van der Waals surface area contributed by atoms with Crippen LogP contribution in [0.4, 0.5) is 11.4 Å². The number of carbonyl (C=O) groups excluding carboxylic acids is 3. The van der Waals surface area contributed by atoms with E-state index in [0.717, 1.165) is 11.1 Å². The number of nitrogens with one attached hydrogen (secondary N) is 3. The average Bonchev–Trinajstić information content (AvgIpc) is 3.36. The highest BCUT2D eigenvalue weighted by Crippen LogP contribution is 2.45. The quantitative estimate of drug-likeness (QED) is 0.530. The summed E-state index contributed by atoms with van der Waals surface area (Å²) in [5.74, 6) is -0.890. The number of nitrogens with zero attached hydrogens (tertiary/aromatic N) is 2. The van der Waals surface area contributed by atoms with Crippen molar-refractivity contribution in [3.8, 4) is 0 Å². The highest BCUT2D eigenvalue weighted by molar-refractivity contribution is 6.10. The Bertz CT molecular complexity index is 1310. The van der Waals surface area contributed by atoms with Crippen LogP contribution in [0.5, 0.6) is 0 Å². The summed E-state index contributed by atoms with van der Waals surface area (Å²) in [4.78, 5) is 39.8. The molecule has 38 heavy (non-hydrogen) atoms. The number of benzene rings is 1. The van der Waals surface area contributed by atoms with Gasteiger partial charge in [-0.05, 0) is 82.7 Å². The molecule has 10 nitrogen and oxygen atoms in total. The molecule has 3 N–H and O–H groups in total. The fourth-order valence-electron chi connectivity index (χ4n) is 6.08. The molecule has 0 unspecified atom stereocenters. The lowest BCUT2D eigenvalue weighted by Crippen LogP contribution is -2.44. The minimum Gasteiger partial charge on any atom is -0.381 e. The minimum atomic E-state index is -0.584. The predicted molar refractivity (Wildman–Crippen MR) is 142 cm³/mol. The first kappa shape index (κ1) is 26.1. The van der Waals surface area contributed by atoms with Crippen LogP contribution in [-0.2, 0) is 31.5 Å². The summed E-state index contributed by atoms with van der Waals surface area (Å²) in [6.45, 7) is 8.97. The largest absolute Gasteiger partial charge is 0.381 e. The Morgan fingerprint density at radius 2 is 1.74 bits per heavy atom. The molecule has 5 rings (SSSR count). The smallest absolute Gasteiger partial charge is 0.274 e. The Labute approximate surface area is 222 Å². The molecular weight excluding hydrogens is 486 g/mol. The molecule has 2 saturated heterocycles. The number of fused-ring (bicyclic) bond motifs is 2. The summed E-state index contributed by atoms with van der Waals surface area (Å²) in [6.07, 6.45) is 3.75. The highest BCUT2D eigenvalue weighted by Gasteiger charge is 2.47. The second-order valence-electron chi connectivity index (χ2n) is 11.6. The van der Waals surface area contributed by atoms with E-state index in [9.17, 15) is 14.4 Å². The lowest BCUT2D eigenvalue weighted by molar-refractivity contribution is -0.139. The summed E-state index contributed by atoms with van der Waals surface area (Å²) < 4.78 is 13.2. The third-order valence-corrected chi connectivity index (χ3v) is 7.53. The molecule has 1 aromatic carbocycles. The van der Waals surface area contributed by atoms with E-state index < -0.39 is 28.4 Å². The van der Waals surface area contributed by atoms with Crippen molar-refractivity contribution in [1.29, 1.82) is 0 Å². The van der Waals surface area contributed by atoms with Gasteiger partial charge in [-0.2, -0.15) is 5.10 Å². The fourth-order valence-corrected chi connectivity index (χ4v) is 6.08. The molecule has 0 bridgehead atoms. The number of hydrogen-bond donors (Lipinski definition) is 3. The fraction of sp³-hybridized carbons (Fsp3) is 0.500. The maximum Gasteiger partial charge on any atom is 0.274 e. The number of anilines is 2. The molecule has 0 radical (unpaired) electrons. The first-order valence-corrected chi connectivity index (χ1v) is 13.0. The van der Waals surface area contributed by atoms with E-state index in [1.165, 1.54) is 10.9 Å². The predicted octanol–water partition coefficient (Wildman–Crippen LogP) is 3.41. The standard InChI is InChI=1S/C28H35N5O5/c1-26(2)15-17(16-27(3,4)38-26)22(32-23(34)21-8-11-29-33(21)5)24(35)30-18-6-7-19-20(14-18)31-25(36)28(19)9-12-37-13-10-28/h6-8,11,14H,9-10,12-13,15-16H2,1-5H3,(H,30,35)(H,31,36)(H,32,34). The zero-order chi connectivity index (χ0) is 27.3. The van der Waals surface area contributed by atoms with Gasteiger partial charge in [0.25, 0.3) is 11.8 Å². The molecule has 0 saturated carbocycles. The van der Waals surface area contributed by atoms with Crippen molar-refractivity contribution in [3.63, 3.8) is 0 Å². The van der Waals surface area contributed by atoms with Gasteiger partial charge in [0, 0.05) is 37.8 Å². The number of carbonyl (C=O) groups is 3. The maximum atomic E-state index is 13.7. The number of hydrogen-bond acceptors (Lipinski definition) is 6. The van der Waals surface area contributed by atoms with Crippen LogP contribution < -0.4 is 16.0 Å². The Morgan fingerprint density at radius 1 is 1.05 bits per heavy atom. The van der Waals surface area contributed by atoms with Crippen molar-refractivity contribution < 1.29 is 23.9 Å². The molecule has 202 valence electrons. The molecule has 2 fully saturated rings. The van der Waals surface area contributed by atoms with Crippen molar-refractivity contribution in [3.05, 3.63) is 53.0 Å². The zero-order valence-corrected chi connectivity index (χ0v) is 22.6. The van der Waals surface area contributed by atoms with Crippen LogP contribution in [0, 0.1) is 0 Å². The van der Waals surface area contributed by atoms with E-state index in [-0.39, 0.29) is 11.6 Å². The van der Waals surface area contributed by atoms with Gasteiger partial charge in [0.05, 0.1) is 16.6 Å². The molecule has 3 aliphatic rings. The van der Waals surface area contributed by atoms with Crippen molar-refractivity contribution in [2.24, 2.45) is 7.05 Å². The van der Waals surface area contributed by atoms with Crippen LogP contribution in [0.15, 0.2) is 41.7 Å². The van der Waals surface area contributed by atoms with Crippen LogP contribution in [0.3, 0.4) is 0 Å². The molecule has 10 heteroatoms. The van der Waals surface area contributed by atoms with E-state index in [0.29, 0.717) is 56.0 Å². The Kier molecular flexibility index (Phi) is 6.43. The highest BCUT2D eigenvalue weighted by atomic mass is 16.5. The summed E-state index contributed by atoms with van der Waals surface area (Å²) in [7, 11) is 1.67. The van der Waals surface area contributed by atoms with Crippen molar-refractivity contribution in [1.82, 2.24) is 15.1 Å². The van der Waals surface area contributed by atoms with Gasteiger partial charge in [-0.25, -0.2) is 0 Å². The topological polar surface area (TPSA) is 124 Å². The molecule has 1 spiro atoms. The molecule has 0 atom stereocenters. The zero-order valence-electron chi connectivity index (χ0n) is 22.6. The van der Waals surface area contributed by atoms with Gasteiger partial charge in [-0.3, -0.25) is 19.1 Å². The number of ether oxygens (including phenoxy) is 2. The molecule has 3 amide bonds.